The molecule has 1 heterocycles. The molecule has 0 bridgehead atoms. The minimum atomic E-state index is -1.44. The van der Waals surface area contributed by atoms with Crippen molar-refractivity contribution in [3.8, 4) is 11.1 Å². The summed E-state index contributed by atoms with van der Waals surface area (Å²) in [6.07, 6.45) is 2.17. The molecule has 2 aromatic carbocycles. The zero-order valence-corrected chi connectivity index (χ0v) is 17.0. The monoisotopic (exact) mass is 394 g/mol. The van der Waals surface area contributed by atoms with Crippen LogP contribution in [0.15, 0.2) is 30.3 Å². The number of fused-ring (bicyclic) bond motifs is 1. The van der Waals surface area contributed by atoms with Crippen LogP contribution in [0.2, 0.25) is 0 Å². The van der Waals surface area contributed by atoms with Gasteiger partial charge in [-0.15, -0.1) is 0 Å². The van der Waals surface area contributed by atoms with E-state index in [1.54, 1.807) is 0 Å². The predicted molar refractivity (Wildman–Crippen MR) is 112 cm³/mol. The zero-order chi connectivity index (χ0) is 20.8. The van der Waals surface area contributed by atoms with Crippen LogP contribution in [-0.4, -0.2) is 29.6 Å². The van der Waals surface area contributed by atoms with Crippen LogP contribution < -0.4 is 10.6 Å². The van der Waals surface area contributed by atoms with Gasteiger partial charge >= 0.3 is 5.97 Å². The molecule has 3 N–H and O–H groups in total. The van der Waals surface area contributed by atoms with Crippen molar-refractivity contribution in [2.75, 3.05) is 17.7 Å². The van der Waals surface area contributed by atoms with Gasteiger partial charge in [-0.3, -0.25) is 4.79 Å². The van der Waals surface area contributed by atoms with Crippen molar-refractivity contribution in [3.05, 3.63) is 47.0 Å². The molecule has 1 atom stereocenters. The molecule has 2 aromatic rings. The molecule has 1 fully saturated rings. The van der Waals surface area contributed by atoms with Gasteiger partial charge in [-0.25, -0.2) is 4.79 Å². The van der Waals surface area contributed by atoms with Gasteiger partial charge in [-0.2, -0.15) is 0 Å². The summed E-state index contributed by atoms with van der Waals surface area (Å²) >= 11 is 0. The maximum atomic E-state index is 12.9. The Morgan fingerprint density at radius 1 is 1.17 bits per heavy atom. The number of aliphatic hydroxyl groups is 1. The summed E-state index contributed by atoms with van der Waals surface area (Å²) in [4.78, 5) is 25.0. The van der Waals surface area contributed by atoms with Crippen molar-refractivity contribution in [1.82, 2.24) is 0 Å². The van der Waals surface area contributed by atoms with E-state index in [1.165, 1.54) is 7.11 Å². The lowest BCUT2D eigenvalue weighted by Crippen LogP contribution is -2.50. The Kier molecular flexibility index (Phi) is 4.82. The molecule has 6 heteroatoms. The molecule has 29 heavy (non-hydrogen) atoms. The normalized spacial score (nSPS) is 18.0. The van der Waals surface area contributed by atoms with Gasteiger partial charge in [0.2, 0.25) is 5.91 Å². The number of aryl methyl sites for hydroxylation is 1. The van der Waals surface area contributed by atoms with Crippen molar-refractivity contribution in [3.63, 3.8) is 0 Å². The first-order valence-electron chi connectivity index (χ1n) is 9.96. The molecule has 0 unspecified atom stereocenters. The fourth-order valence-corrected chi connectivity index (χ4v) is 4.52. The molecule has 152 valence electrons. The molecule has 2 aliphatic rings. The number of hydrogen-bond acceptors (Lipinski definition) is 5. The van der Waals surface area contributed by atoms with Crippen molar-refractivity contribution in [2.45, 2.75) is 51.2 Å². The molecule has 1 saturated carbocycles. The standard InChI is InChI=1S/C23H26N2O4/c1-13-6-8-15(9-7-13)16-12-17-19(14(2)18(16)20(26)21(27)29-3)24-22(28)23(25-17)10-4-5-11-23/h6-9,12,20,25-26H,4-5,10-11H2,1-3H3,(H,24,28)/t20-/m0/s1. The van der Waals surface area contributed by atoms with E-state index in [-0.39, 0.29) is 5.91 Å². The van der Waals surface area contributed by atoms with E-state index in [0.717, 1.165) is 48.1 Å². The van der Waals surface area contributed by atoms with Crippen LogP contribution in [0.4, 0.5) is 11.4 Å². The number of anilines is 2. The molecule has 1 amide bonds. The fraction of sp³-hybridized carbons (Fsp3) is 0.391. The number of esters is 1. The first-order valence-corrected chi connectivity index (χ1v) is 9.96. The number of hydrogen-bond donors (Lipinski definition) is 3. The maximum Gasteiger partial charge on any atom is 0.339 e. The zero-order valence-electron chi connectivity index (χ0n) is 17.0. The third-order valence-electron chi connectivity index (χ3n) is 6.19. The highest BCUT2D eigenvalue weighted by Crippen LogP contribution is 2.46. The Hall–Kier alpha value is -2.86. The Morgan fingerprint density at radius 3 is 2.45 bits per heavy atom. The second-order valence-corrected chi connectivity index (χ2v) is 8.05. The van der Waals surface area contributed by atoms with E-state index in [0.29, 0.717) is 16.8 Å². The van der Waals surface area contributed by atoms with Crippen molar-refractivity contribution >= 4 is 23.3 Å². The molecule has 6 nitrogen and oxygen atoms in total. The van der Waals surface area contributed by atoms with Gasteiger partial charge in [0.1, 0.15) is 5.54 Å². The van der Waals surface area contributed by atoms with Crippen LogP contribution in [0.25, 0.3) is 11.1 Å². The summed E-state index contributed by atoms with van der Waals surface area (Å²) in [5.74, 6) is -0.782. The van der Waals surface area contributed by atoms with Crippen molar-refractivity contribution in [1.29, 1.82) is 0 Å². The van der Waals surface area contributed by atoms with E-state index in [2.05, 4.69) is 10.6 Å². The van der Waals surface area contributed by atoms with Crippen LogP contribution in [0, 0.1) is 13.8 Å². The van der Waals surface area contributed by atoms with Gasteiger partial charge in [0.15, 0.2) is 6.10 Å². The SMILES string of the molecule is COC(=O)[C@@H](O)c1c(-c2ccc(C)cc2)cc2c(c1C)NC(=O)C1(CCCC1)N2. The molecule has 4 rings (SSSR count). The number of nitrogens with one attached hydrogen (secondary N) is 2. The smallest absolute Gasteiger partial charge is 0.339 e. The van der Waals surface area contributed by atoms with Crippen LogP contribution in [0.5, 0.6) is 0 Å². The predicted octanol–water partition coefficient (Wildman–Crippen LogP) is 3.85. The van der Waals surface area contributed by atoms with E-state index >= 15 is 0 Å². The van der Waals surface area contributed by atoms with Gasteiger partial charge in [0, 0.05) is 5.56 Å². The second-order valence-electron chi connectivity index (χ2n) is 8.05. The van der Waals surface area contributed by atoms with E-state index < -0.39 is 17.6 Å². The quantitative estimate of drug-likeness (QED) is 0.688. The Bertz CT molecular complexity index is 975. The molecular weight excluding hydrogens is 368 g/mol. The van der Waals surface area contributed by atoms with Gasteiger partial charge in [0.25, 0.3) is 0 Å². The van der Waals surface area contributed by atoms with Gasteiger partial charge < -0.3 is 20.5 Å². The molecule has 1 spiro atoms. The Morgan fingerprint density at radius 2 is 1.83 bits per heavy atom. The third kappa shape index (κ3) is 3.17. The number of carbonyl (C=O) groups is 2. The second kappa shape index (κ2) is 7.19. The minimum absolute atomic E-state index is 0.0489. The van der Waals surface area contributed by atoms with Crippen molar-refractivity contribution in [2.24, 2.45) is 0 Å². The first-order chi connectivity index (χ1) is 13.9. The highest BCUT2D eigenvalue weighted by molar-refractivity contribution is 6.08. The Balaban J connectivity index is 1.91. The number of aliphatic hydroxyl groups excluding tert-OH is 1. The molecule has 1 aliphatic carbocycles. The van der Waals surface area contributed by atoms with E-state index in [1.807, 2.05) is 44.2 Å². The van der Waals surface area contributed by atoms with Gasteiger partial charge in [-0.1, -0.05) is 42.7 Å². The van der Waals surface area contributed by atoms with Crippen LogP contribution >= 0.6 is 0 Å². The topological polar surface area (TPSA) is 87.7 Å². The van der Waals surface area contributed by atoms with Gasteiger partial charge in [-0.05, 0) is 49.4 Å². The van der Waals surface area contributed by atoms with E-state index in [4.69, 9.17) is 4.74 Å². The highest BCUT2D eigenvalue weighted by Gasteiger charge is 2.45. The molecule has 0 aromatic heterocycles. The van der Waals surface area contributed by atoms with Crippen LogP contribution in [0.3, 0.4) is 0 Å². The summed E-state index contributed by atoms with van der Waals surface area (Å²) in [6, 6.07) is 9.85. The summed E-state index contributed by atoms with van der Waals surface area (Å²) in [7, 11) is 1.25. The molecule has 1 aliphatic heterocycles. The van der Waals surface area contributed by atoms with Crippen LogP contribution in [-0.2, 0) is 14.3 Å². The third-order valence-corrected chi connectivity index (χ3v) is 6.19. The van der Waals surface area contributed by atoms with Crippen LogP contribution in [0.1, 0.15) is 48.5 Å². The summed E-state index contributed by atoms with van der Waals surface area (Å²) in [6.45, 7) is 3.82. The number of amides is 1. The Labute approximate surface area is 170 Å². The average Bonchev–Trinajstić information content (AvgIpc) is 3.18. The molecule has 0 saturated heterocycles. The number of ether oxygens (including phenoxy) is 1. The largest absolute Gasteiger partial charge is 0.467 e. The fourth-order valence-electron chi connectivity index (χ4n) is 4.52. The number of carbonyl (C=O) groups excluding carboxylic acids is 2. The number of benzene rings is 2. The number of rotatable bonds is 3. The first kappa shape index (κ1) is 19.5. The van der Waals surface area contributed by atoms with Gasteiger partial charge in [0.05, 0.1) is 18.5 Å². The summed E-state index contributed by atoms with van der Waals surface area (Å²) in [5, 5.41) is 17.3. The number of methoxy groups -OCH3 is 1. The lowest BCUT2D eigenvalue weighted by molar-refractivity contribution is -0.150. The lowest BCUT2D eigenvalue weighted by atomic mass is 9.86. The summed E-state index contributed by atoms with van der Waals surface area (Å²) < 4.78 is 4.78. The lowest BCUT2D eigenvalue weighted by Gasteiger charge is -2.37. The summed E-state index contributed by atoms with van der Waals surface area (Å²) in [5.41, 5.74) is 4.71. The highest BCUT2D eigenvalue weighted by atomic mass is 16.5. The van der Waals surface area contributed by atoms with Crippen molar-refractivity contribution < 1.29 is 19.4 Å². The maximum absolute atomic E-state index is 12.9. The molecular formula is C23H26N2O4. The van der Waals surface area contributed by atoms with E-state index in [9.17, 15) is 14.7 Å². The minimum Gasteiger partial charge on any atom is -0.467 e. The average molecular weight is 394 g/mol. The molecule has 0 radical (unpaired) electrons.